The third-order valence-electron chi connectivity index (χ3n) is 3.19. The van der Waals surface area contributed by atoms with E-state index in [-0.39, 0.29) is 16.5 Å². The van der Waals surface area contributed by atoms with Crippen LogP contribution >= 0.6 is 12.2 Å². The molecule has 2 rings (SSSR count). The van der Waals surface area contributed by atoms with E-state index in [2.05, 4.69) is 10.6 Å². The molecular formula is C16H15N3O5S. The maximum Gasteiger partial charge on any atom is 0.312 e. The highest BCUT2D eigenvalue weighted by Gasteiger charge is 2.16. The lowest BCUT2D eigenvalue weighted by atomic mass is 10.2. The van der Waals surface area contributed by atoms with Crippen molar-refractivity contribution in [2.45, 2.75) is 0 Å². The summed E-state index contributed by atoms with van der Waals surface area (Å²) in [6.45, 7) is 0. The first kappa shape index (κ1) is 18.1. The van der Waals surface area contributed by atoms with E-state index in [4.69, 9.17) is 21.7 Å². The Labute approximate surface area is 148 Å². The number of nitrogens with zero attached hydrogens (tertiary/aromatic N) is 1. The van der Waals surface area contributed by atoms with E-state index in [1.54, 1.807) is 30.3 Å². The zero-order valence-corrected chi connectivity index (χ0v) is 14.3. The smallest absolute Gasteiger partial charge is 0.312 e. The molecule has 0 fully saturated rings. The maximum absolute atomic E-state index is 12.2. The Morgan fingerprint density at radius 1 is 1.16 bits per heavy atom. The summed E-state index contributed by atoms with van der Waals surface area (Å²) in [5.41, 5.74) is 0.502. The number of anilines is 1. The van der Waals surface area contributed by atoms with Crippen molar-refractivity contribution in [1.29, 1.82) is 0 Å². The third-order valence-corrected chi connectivity index (χ3v) is 3.40. The molecule has 0 aliphatic rings. The van der Waals surface area contributed by atoms with E-state index in [1.165, 1.54) is 26.4 Å². The van der Waals surface area contributed by atoms with Crippen molar-refractivity contribution >= 4 is 34.6 Å². The predicted molar refractivity (Wildman–Crippen MR) is 96.3 cm³/mol. The fourth-order valence-corrected chi connectivity index (χ4v) is 2.22. The van der Waals surface area contributed by atoms with Crippen LogP contribution in [0.2, 0.25) is 0 Å². The number of hydrogen-bond acceptors (Lipinski definition) is 6. The highest BCUT2D eigenvalue weighted by Crippen LogP contribution is 2.29. The molecule has 0 aliphatic heterocycles. The van der Waals surface area contributed by atoms with Crippen LogP contribution in [0.4, 0.5) is 11.4 Å². The Kier molecular flexibility index (Phi) is 5.85. The van der Waals surface area contributed by atoms with E-state index in [0.717, 1.165) is 0 Å². The van der Waals surface area contributed by atoms with Crippen molar-refractivity contribution in [3.63, 3.8) is 0 Å². The number of methoxy groups -OCH3 is 2. The van der Waals surface area contributed by atoms with Gasteiger partial charge in [-0.1, -0.05) is 6.07 Å². The number of benzene rings is 2. The second kappa shape index (κ2) is 8.06. The van der Waals surface area contributed by atoms with Gasteiger partial charge < -0.3 is 14.8 Å². The van der Waals surface area contributed by atoms with Gasteiger partial charge in [-0.3, -0.25) is 20.2 Å². The van der Waals surface area contributed by atoms with Gasteiger partial charge in [0.15, 0.2) is 10.9 Å². The van der Waals surface area contributed by atoms with Gasteiger partial charge in [0.1, 0.15) is 5.75 Å². The number of rotatable bonds is 5. The van der Waals surface area contributed by atoms with Crippen molar-refractivity contribution < 1.29 is 19.2 Å². The van der Waals surface area contributed by atoms with Gasteiger partial charge in [0.2, 0.25) is 0 Å². The summed E-state index contributed by atoms with van der Waals surface area (Å²) in [6, 6.07) is 10.8. The van der Waals surface area contributed by atoms with Crippen LogP contribution in [0.1, 0.15) is 10.4 Å². The highest BCUT2D eigenvalue weighted by molar-refractivity contribution is 7.80. The molecule has 0 bridgehead atoms. The van der Waals surface area contributed by atoms with Gasteiger partial charge in [-0.15, -0.1) is 0 Å². The Hall–Kier alpha value is -3.20. The van der Waals surface area contributed by atoms with Crippen LogP contribution in [-0.2, 0) is 0 Å². The molecule has 2 aromatic carbocycles. The number of nitro groups is 1. The molecule has 0 aliphatic carbocycles. The predicted octanol–water partition coefficient (Wildman–Crippen LogP) is 2.74. The summed E-state index contributed by atoms with van der Waals surface area (Å²) in [4.78, 5) is 22.6. The van der Waals surface area contributed by atoms with Crippen LogP contribution < -0.4 is 20.1 Å². The van der Waals surface area contributed by atoms with Crippen LogP contribution in [0.3, 0.4) is 0 Å². The van der Waals surface area contributed by atoms with Gasteiger partial charge in [-0.05, 0) is 42.5 Å². The van der Waals surface area contributed by atoms with Crippen molar-refractivity contribution in [2.24, 2.45) is 0 Å². The minimum absolute atomic E-state index is 0.00675. The van der Waals surface area contributed by atoms with Crippen LogP contribution in [0.15, 0.2) is 42.5 Å². The van der Waals surface area contributed by atoms with Gasteiger partial charge in [0, 0.05) is 17.3 Å². The second-order valence-electron chi connectivity index (χ2n) is 4.78. The van der Waals surface area contributed by atoms with Gasteiger partial charge in [0.05, 0.1) is 19.1 Å². The minimum atomic E-state index is -0.568. The molecule has 9 heteroatoms. The molecule has 2 aromatic rings. The number of ether oxygens (including phenoxy) is 2. The summed E-state index contributed by atoms with van der Waals surface area (Å²) in [6.07, 6.45) is 0. The molecular weight excluding hydrogens is 346 g/mol. The van der Waals surface area contributed by atoms with Gasteiger partial charge in [-0.25, -0.2) is 0 Å². The number of nitro benzene ring substituents is 1. The zero-order valence-electron chi connectivity index (χ0n) is 13.4. The second-order valence-corrected chi connectivity index (χ2v) is 5.19. The molecule has 0 atom stereocenters. The highest BCUT2D eigenvalue weighted by atomic mass is 32.1. The van der Waals surface area contributed by atoms with Crippen molar-refractivity contribution in [1.82, 2.24) is 5.32 Å². The first-order valence-electron chi connectivity index (χ1n) is 7.03. The molecule has 25 heavy (non-hydrogen) atoms. The summed E-state index contributed by atoms with van der Waals surface area (Å²) in [5.74, 6) is 0.235. The number of hydrogen-bond donors (Lipinski definition) is 2. The molecule has 0 saturated carbocycles. The van der Waals surface area contributed by atoms with E-state index in [1.807, 2.05) is 0 Å². The van der Waals surface area contributed by atoms with Crippen molar-refractivity contribution in [3.05, 3.63) is 58.1 Å². The number of amides is 1. The first-order valence-corrected chi connectivity index (χ1v) is 7.44. The number of nitrogens with one attached hydrogen (secondary N) is 2. The molecule has 2 N–H and O–H groups in total. The normalized spacial score (nSPS) is 9.84. The number of carbonyl (C=O) groups excluding carboxylic acids is 1. The number of thiocarbonyl (C=S) groups is 1. The molecule has 0 spiro atoms. The summed E-state index contributed by atoms with van der Waals surface area (Å²) in [5, 5.41) is 16.3. The van der Waals surface area contributed by atoms with Crippen molar-refractivity contribution in [3.8, 4) is 11.5 Å². The standard InChI is InChI=1S/C16H15N3O5S/c1-23-12-5-3-4-10(8-12)15(20)18-16(25)17-11-6-7-14(24-2)13(9-11)19(21)22/h3-9H,1-2H3,(H2,17,18,20,25). The molecule has 8 nitrogen and oxygen atoms in total. The fraction of sp³-hybridized carbons (Fsp3) is 0.125. The first-order chi connectivity index (χ1) is 11.9. The van der Waals surface area contributed by atoms with Crippen LogP contribution in [-0.4, -0.2) is 30.2 Å². The van der Waals surface area contributed by atoms with Gasteiger partial charge in [-0.2, -0.15) is 0 Å². The third kappa shape index (κ3) is 4.64. The van der Waals surface area contributed by atoms with Crippen LogP contribution in [0.25, 0.3) is 0 Å². The largest absolute Gasteiger partial charge is 0.497 e. The van der Waals surface area contributed by atoms with Crippen molar-refractivity contribution in [2.75, 3.05) is 19.5 Å². The Morgan fingerprint density at radius 2 is 1.92 bits per heavy atom. The van der Waals surface area contributed by atoms with Crippen LogP contribution in [0, 0.1) is 10.1 Å². The molecule has 130 valence electrons. The summed E-state index contributed by atoms with van der Waals surface area (Å²) in [7, 11) is 2.84. The lowest BCUT2D eigenvalue weighted by Gasteiger charge is -2.11. The molecule has 1 amide bonds. The lowest BCUT2D eigenvalue weighted by molar-refractivity contribution is -0.385. The quantitative estimate of drug-likeness (QED) is 0.479. The summed E-state index contributed by atoms with van der Waals surface area (Å²) < 4.78 is 9.99. The number of carbonyl (C=O) groups is 1. The molecule has 0 unspecified atom stereocenters. The molecule has 0 aromatic heterocycles. The summed E-state index contributed by atoms with van der Waals surface area (Å²) >= 11 is 5.07. The average molecular weight is 361 g/mol. The van der Waals surface area contributed by atoms with E-state index in [9.17, 15) is 14.9 Å². The topological polar surface area (TPSA) is 103 Å². The SMILES string of the molecule is COc1cccc(C(=O)NC(=S)Nc2ccc(OC)c([N+](=O)[O-])c2)c1. The molecule has 0 heterocycles. The van der Waals surface area contributed by atoms with E-state index < -0.39 is 10.8 Å². The maximum atomic E-state index is 12.2. The minimum Gasteiger partial charge on any atom is -0.497 e. The Morgan fingerprint density at radius 3 is 2.56 bits per heavy atom. The van der Waals surface area contributed by atoms with E-state index in [0.29, 0.717) is 17.0 Å². The Balaban J connectivity index is 2.08. The zero-order chi connectivity index (χ0) is 18.4. The van der Waals surface area contributed by atoms with Crippen LogP contribution in [0.5, 0.6) is 11.5 Å². The average Bonchev–Trinajstić information content (AvgIpc) is 2.61. The monoisotopic (exact) mass is 361 g/mol. The molecule has 0 saturated heterocycles. The molecule has 0 radical (unpaired) electrons. The Bertz CT molecular complexity index is 825. The van der Waals surface area contributed by atoms with Gasteiger partial charge in [0.25, 0.3) is 5.91 Å². The fourth-order valence-electron chi connectivity index (χ4n) is 2.01. The lowest BCUT2D eigenvalue weighted by Crippen LogP contribution is -2.34. The van der Waals surface area contributed by atoms with Gasteiger partial charge >= 0.3 is 5.69 Å². The van der Waals surface area contributed by atoms with E-state index >= 15 is 0 Å².